The van der Waals surface area contributed by atoms with Crippen LogP contribution in [0.3, 0.4) is 0 Å². The Hall–Kier alpha value is -3.35. The maximum atomic E-state index is 13.7. The normalized spacial score (nSPS) is 10.5. The highest BCUT2D eigenvalue weighted by atomic mass is 19.2. The van der Waals surface area contributed by atoms with Gasteiger partial charge in [-0.1, -0.05) is 30.3 Å². The molecule has 3 rings (SSSR count). The summed E-state index contributed by atoms with van der Waals surface area (Å²) in [6.07, 6.45) is 3.42. The Kier molecular flexibility index (Phi) is 6.26. The lowest BCUT2D eigenvalue weighted by atomic mass is 10.1. The lowest BCUT2D eigenvalue weighted by molar-refractivity contribution is 0.102. The van der Waals surface area contributed by atoms with E-state index in [1.54, 1.807) is 6.07 Å². The number of rotatable bonds is 7. The SMILES string of the molecule is O=C(Nc1ccc(NCCCc2ccccc2)cn1)c1ccc(F)c(F)c1F. The van der Waals surface area contributed by atoms with Crippen LogP contribution in [0, 0.1) is 17.5 Å². The molecular weight excluding hydrogens is 367 g/mol. The number of nitrogens with zero attached hydrogens (tertiary/aromatic N) is 1. The van der Waals surface area contributed by atoms with Crippen molar-refractivity contribution in [2.24, 2.45) is 0 Å². The predicted molar refractivity (Wildman–Crippen MR) is 102 cm³/mol. The van der Waals surface area contributed by atoms with Crippen LogP contribution in [0.4, 0.5) is 24.7 Å². The van der Waals surface area contributed by atoms with Gasteiger partial charge in [-0.25, -0.2) is 18.2 Å². The molecule has 28 heavy (non-hydrogen) atoms. The van der Waals surface area contributed by atoms with E-state index in [0.717, 1.165) is 31.1 Å². The molecule has 1 aromatic heterocycles. The Morgan fingerprint density at radius 2 is 1.71 bits per heavy atom. The summed E-state index contributed by atoms with van der Waals surface area (Å²) < 4.78 is 39.9. The Balaban J connectivity index is 1.51. The van der Waals surface area contributed by atoms with Crippen molar-refractivity contribution >= 4 is 17.4 Å². The highest BCUT2D eigenvalue weighted by Gasteiger charge is 2.19. The van der Waals surface area contributed by atoms with Crippen molar-refractivity contribution in [1.82, 2.24) is 4.98 Å². The van der Waals surface area contributed by atoms with E-state index in [2.05, 4.69) is 27.8 Å². The van der Waals surface area contributed by atoms with Crippen LogP contribution in [0.5, 0.6) is 0 Å². The van der Waals surface area contributed by atoms with Gasteiger partial charge in [-0.05, 0) is 42.7 Å². The van der Waals surface area contributed by atoms with Crippen LogP contribution in [-0.4, -0.2) is 17.4 Å². The molecule has 0 atom stereocenters. The molecule has 2 aromatic carbocycles. The van der Waals surface area contributed by atoms with Crippen molar-refractivity contribution in [3.05, 3.63) is 89.4 Å². The Labute approximate surface area is 160 Å². The largest absolute Gasteiger partial charge is 0.384 e. The fourth-order valence-electron chi connectivity index (χ4n) is 2.63. The molecule has 0 aliphatic carbocycles. The summed E-state index contributed by atoms with van der Waals surface area (Å²) in [5, 5.41) is 5.58. The van der Waals surface area contributed by atoms with E-state index in [0.29, 0.717) is 6.07 Å². The van der Waals surface area contributed by atoms with Crippen molar-refractivity contribution in [1.29, 1.82) is 0 Å². The number of aromatic nitrogens is 1. The zero-order valence-corrected chi connectivity index (χ0v) is 14.9. The van der Waals surface area contributed by atoms with Crippen LogP contribution in [0.2, 0.25) is 0 Å². The topological polar surface area (TPSA) is 54.0 Å². The van der Waals surface area contributed by atoms with E-state index in [1.807, 2.05) is 18.2 Å². The maximum Gasteiger partial charge on any atom is 0.259 e. The van der Waals surface area contributed by atoms with Gasteiger partial charge in [0.1, 0.15) is 5.82 Å². The number of anilines is 2. The molecule has 0 bridgehead atoms. The molecule has 3 aromatic rings. The predicted octanol–water partition coefficient (Wildman–Crippen LogP) is 4.80. The maximum absolute atomic E-state index is 13.7. The summed E-state index contributed by atoms with van der Waals surface area (Å²) in [6.45, 7) is 0.752. The average molecular weight is 385 g/mol. The first-order chi connectivity index (χ1) is 13.5. The second-order valence-corrected chi connectivity index (χ2v) is 6.13. The molecule has 0 unspecified atom stereocenters. The van der Waals surface area contributed by atoms with E-state index in [1.165, 1.54) is 17.8 Å². The number of benzene rings is 2. The summed E-state index contributed by atoms with van der Waals surface area (Å²) in [5.74, 6) is -5.31. The molecule has 0 fully saturated rings. The van der Waals surface area contributed by atoms with Gasteiger partial charge in [-0.3, -0.25) is 4.79 Å². The Morgan fingerprint density at radius 3 is 2.43 bits per heavy atom. The van der Waals surface area contributed by atoms with Crippen LogP contribution in [0.25, 0.3) is 0 Å². The molecule has 4 nitrogen and oxygen atoms in total. The molecule has 0 spiro atoms. The minimum absolute atomic E-state index is 0.170. The van der Waals surface area contributed by atoms with E-state index < -0.39 is 28.9 Å². The number of pyridine rings is 1. The third-order valence-electron chi connectivity index (χ3n) is 4.10. The number of carbonyl (C=O) groups is 1. The first kappa shape index (κ1) is 19.4. The lowest BCUT2D eigenvalue weighted by Crippen LogP contribution is -2.16. The molecule has 7 heteroatoms. The van der Waals surface area contributed by atoms with Crippen molar-refractivity contribution in [2.75, 3.05) is 17.2 Å². The molecule has 1 amide bonds. The lowest BCUT2D eigenvalue weighted by Gasteiger charge is -2.09. The molecule has 0 aliphatic heterocycles. The van der Waals surface area contributed by atoms with Gasteiger partial charge in [0.2, 0.25) is 0 Å². The van der Waals surface area contributed by atoms with E-state index in [-0.39, 0.29) is 5.82 Å². The quantitative estimate of drug-likeness (QED) is 0.454. The molecule has 2 N–H and O–H groups in total. The number of amides is 1. The summed E-state index contributed by atoms with van der Waals surface area (Å²) in [4.78, 5) is 16.1. The monoisotopic (exact) mass is 385 g/mol. The molecule has 1 heterocycles. The van der Waals surface area contributed by atoms with Gasteiger partial charge in [0.05, 0.1) is 17.4 Å². The van der Waals surface area contributed by atoms with Crippen LogP contribution < -0.4 is 10.6 Å². The van der Waals surface area contributed by atoms with Crippen LogP contribution in [0.1, 0.15) is 22.3 Å². The first-order valence-corrected chi connectivity index (χ1v) is 8.73. The van der Waals surface area contributed by atoms with Crippen LogP contribution >= 0.6 is 0 Å². The third-order valence-corrected chi connectivity index (χ3v) is 4.10. The highest BCUT2D eigenvalue weighted by Crippen LogP contribution is 2.17. The summed E-state index contributed by atoms with van der Waals surface area (Å²) in [6, 6.07) is 15.0. The summed E-state index contributed by atoms with van der Waals surface area (Å²) in [5.41, 5.74) is 1.44. The number of hydrogen-bond donors (Lipinski definition) is 2. The van der Waals surface area contributed by atoms with Gasteiger partial charge in [-0.2, -0.15) is 0 Å². The Morgan fingerprint density at radius 1 is 0.929 bits per heavy atom. The number of nitrogens with one attached hydrogen (secondary N) is 2. The van der Waals surface area contributed by atoms with Crippen molar-refractivity contribution in [3.63, 3.8) is 0 Å². The van der Waals surface area contributed by atoms with Gasteiger partial charge in [0, 0.05) is 6.54 Å². The van der Waals surface area contributed by atoms with Crippen molar-refractivity contribution < 1.29 is 18.0 Å². The van der Waals surface area contributed by atoms with Crippen molar-refractivity contribution in [3.8, 4) is 0 Å². The minimum Gasteiger partial charge on any atom is -0.384 e. The second kappa shape index (κ2) is 9.03. The number of aryl methyl sites for hydroxylation is 1. The average Bonchev–Trinajstić information content (AvgIpc) is 2.71. The Bertz CT molecular complexity index is 947. The van der Waals surface area contributed by atoms with Gasteiger partial charge < -0.3 is 10.6 Å². The van der Waals surface area contributed by atoms with Crippen LogP contribution in [-0.2, 0) is 6.42 Å². The smallest absolute Gasteiger partial charge is 0.259 e. The van der Waals surface area contributed by atoms with E-state index in [4.69, 9.17) is 0 Å². The second-order valence-electron chi connectivity index (χ2n) is 6.13. The first-order valence-electron chi connectivity index (χ1n) is 8.73. The number of hydrogen-bond acceptors (Lipinski definition) is 3. The van der Waals surface area contributed by atoms with E-state index in [9.17, 15) is 18.0 Å². The molecule has 0 saturated heterocycles. The zero-order chi connectivity index (χ0) is 19.9. The van der Waals surface area contributed by atoms with Gasteiger partial charge in [0.25, 0.3) is 5.91 Å². The fourth-order valence-corrected chi connectivity index (χ4v) is 2.63. The third kappa shape index (κ3) is 4.88. The molecular formula is C21H18F3N3O. The standard InChI is InChI=1S/C21H18F3N3O/c22-17-10-9-16(19(23)20(17)24)21(28)27-18-11-8-15(13-26-18)25-12-4-7-14-5-2-1-3-6-14/h1-3,5-6,8-11,13,25H,4,7,12H2,(H,26,27,28). The van der Waals surface area contributed by atoms with Crippen LogP contribution in [0.15, 0.2) is 60.8 Å². The fraction of sp³-hybridized carbons (Fsp3) is 0.143. The zero-order valence-electron chi connectivity index (χ0n) is 14.9. The van der Waals surface area contributed by atoms with Crippen molar-refractivity contribution in [2.45, 2.75) is 12.8 Å². The van der Waals surface area contributed by atoms with Gasteiger partial charge in [0.15, 0.2) is 17.5 Å². The number of halogens is 3. The van der Waals surface area contributed by atoms with Gasteiger partial charge in [-0.15, -0.1) is 0 Å². The summed E-state index contributed by atoms with van der Waals surface area (Å²) >= 11 is 0. The highest BCUT2D eigenvalue weighted by molar-refractivity contribution is 6.04. The molecule has 0 aliphatic rings. The van der Waals surface area contributed by atoms with Gasteiger partial charge >= 0.3 is 0 Å². The molecule has 144 valence electrons. The minimum atomic E-state index is -1.68. The summed E-state index contributed by atoms with van der Waals surface area (Å²) in [7, 11) is 0. The number of carbonyl (C=O) groups excluding carboxylic acids is 1. The molecule has 0 radical (unpaired) electrons. The van der Waals surface area contributed by atoms with E-state index >= 15 is 0 Å². The molecule has 0 saturated carbocycles.